The molecule has 0 aromatic rings. The predicted octanol–water partition coefficient (Wildman–Crippen LogP) is 0.714. The third-order valence-corrected chi connectivity index (χ3v) is 1.72. The molecule has 0 saturated heterocycles. The molecule has 0 amide bonds. The van der Waals surface area contributed by atoms with Crippen LogP contribution in [0.15, 0.2) is 0 Å². The van der Waals surface area contributed by atoms with Crippen LogP contribution in [0.4, 0.5) is 0 Å². The van der Waals surface area contributed by atoms with Crippen molar-refractivity contribution in [1.82, 2.24) is 5.32 Å². The van der Waals surface area contributed by atoms with Gasteiger partial charge in [-0.3, -0.25) is 0 Å². The van der Waals surface area contributed by atoms with Crippen LogP contribution >= 0.6 is 0 Å². The zero-order chi connectivity index (χ0) is 10.9. The minimum Gasteiger partial charge on any atom is -0.349 e. The van der Waals surface area contributed by atoms with E-state index in [-0.39, 0.29) is 0 Å². The lowest BCUT2D eigenvalue weighted by Crippen LogP contribution is -2.33. The molecule has 0 bridgehead atoms. The van der Waals surface area contributed by atoms with Crippen molar-refractivity contribution < 1.29 is 9.47 Å². The molecular formula is C10H24N2O2. The summed E-state index contributed by atoms with van der Waals surface area (Å²) in [5.41, 5.74) is 5.34. The van der Waals surface area contributed by atoms with Crippen molar-refractivity contribution in [3.8, 4) is 0 Å². The van der Waals surface area contributed by atoms with Crippen LogP contribution < -0.4 is 11.1 Å². The Morgan fingerprint density at radius 1 is 1.14 bits per heavy atom. The largest absolute Gasteiger partial charge is 0.349 e. The summed E-state index contributed by atoms with van der Waals surface area (Å²) in [6.07, 6.45) is 1.15. The first kappa shape index (κ1) is 13.8. The molecule has 86 valence electrons. The molecule has 14 heavy (non-hydrogen) atoms. The number of nitrogens with one attached hydrogen (secondary N) is 1. The fraction of sp³-hybridized carbons (Fsp3) is 1.00. The van der Waals surface area contributed by atoms with Crippen LogP contribution in [0.2, 0.25) is 0 Å². The van der Waals surface area contributed by atoms with E-state index in [9.17, 15) is 0 Å². The maximum Gasteiger partial charge on any atom is 0.162 e. The predicted molar refractivity (Wildman–Crippen MR) is 58.2 cm³/mol. The molecule has 0 aliphatic rings. The van der Waals surface area contributed by atoms with Crippen LogP contribution in [0.5, 0.6) is 0 Å². The molecule has 0 atom stereocenters. The van der Waals surface area contributed by atoms with E-state index in [1.165, 1.54) is 0 Å². The van der Waals surface area contributed by atoms with Gasteiger partial charge < -0.3 is 20.5 Å². The molecule has 0 aromatic heterocycles. The van der Waals surface area contributed by atoms with Crippen LogP contribution in [-0.4, -0.2) is 38.6 Å². The van der Waals surface area contributed by atoms with Gasteiger partial charge in [-0.2, -0.15) is 0 Å². The minimum atomic E-state index is -0.521. The molecule has 0 radical (unpaired) electrons. The van der Waals surface area contributed by atoms with Gasteiger partial charge >= 0.3 is 0 Å². The monoisotopic (exact) mass is 204 g/mol. The molecule has 0 aliphatic carbocycles. The van der Waals surface area contributed by atoms with E-state index in [2.05, 4.69) is 12.2 Å². The summed E-state index contributed by atoms with van der Waals surface area (Å²) < 4.78 is 10.9. The summed E-state index contributed by atoms with van der Waals surface area (Å²) in [4.78, 5) is 0. The smallest absolute Gasteiger partial charge is 0.162 e. The Hall–Kier alpha value is -0.160. The highest BCUT2D eigenvalue weighted by Gasteiger charge is 2.17. The Labute approximate surface area is 87.1 Å². The van der Waals surface area contributed by atoms with Crippen LogP contribution in [0.25, 0.3) is 0 Å². The number of rotatable bonds is 9. The van der Waals surface area contributed by atoms with Gasteiger partial charge in [0.2, 0.25) is 0 Å². The van der Waals surface area contributed by atoms with E-state index in [0.717, 1.165) is 19.5 Å². The lowest BCUT2D eigenvalue weighted by molar-refractivity contribution is -0.210. The first-order valence-electron chi connectivity index (χ1n) is 5.31. The summed E-state index contributed by atoms with van der Waals surface area (Å²) in [5, 5.41) is 3.26. The van der Waals surface area contributed by atoms with E-state index >= 15 is 0 Å². The Kier molecular flexibility index (Phi) is 8.08. The number of nitrogens with two attached hydrogens (primary N) is 1. The third-order valence-electron chi connectivity index (χ3n) is 1.72. The van der Waals surface area contributed by atoms with Crippen LogP contribution in [0.3, 0.4) is 0 Å². The number of hydrogen-bond acceptors (Lipinski definition) is 4. The molecule has 0 aromatic carbocycles. The highest BCUT2D eigenvalue weighted by Crippen LogP contribution is 2.09. The van der Waals surface area contributed by atoms with E-state index in [4.69, 9.17) is 15.2 Å². The summed E-state index contributed by atoms with van der Waals surface area (Å²) in [5.74, 6) is -0.521. The van der Waals surface area contributed by atoms with Crippen molar-refractivity contribution in [1.29, 1.82) is 0 Å². The first-order chi connectivity index (χ1) is 6.62. The minimum absolute atomic E-state index is 0.521. The van der Waals surface area contributed by atoms with Gasteiger partial charge in [0, 0.05) is 13.1 Å². The molecule has 0 spiro atoms. The van der Waals surface area contributed by atoms with Gasteiger partial charge in [0.05, 0.1) is 13.2 Å². The second kappa shape index (κ2) is 8.17. The number of hydrogen-bond donors (Lipinski definition) is 2. The van der Waals surface area contributed by atoms with Gasteiger partial charge in [-0.15, -0.1) is 0 Å². The number of ether oxygens (including phenoxy) is 2. The van der Waals surface area contributed by atoms with Crippen molar-refractivity contribution in [3.63, 3.8) is 0 Å². The standard InChI is InChI=1S/C10H24N2O2/c1-4-6-12-7-9-14-10(2,3)13-8-5-11/h12H,4-9,11H2,1-3H3. The maximum absolute atomic E-state index is 5.54. The second-order valence-corrected chi connectivity index (χ2v) is 3.64. The summed E-state index contributed by atoms with van der Waals surface area (Å²) in [6, 6.07) is 0. The normalized spacial score (nSPS) is 12.0. The van der Waals surface area contributed by atoms with Gasteiger partial charge in [-0.1, -0.05) is 6.92 Å². The van der Waals surface area contributed by atoms with E-state index in [0.29, 0.717) is 19.8 Å². The summed E-state index contributed by atoms with van der Waals surface area (Å²) in [6.45, 7) is 9.58. The highest BCUT2D eigenvalue weighted by atomic mass is 16.7. The van der Waals surface area contributed by atoms with Crippen molar-refractivity contribution in [2.24, 2.45) is 5.73 Å². The van der Waals surface area contributed by atoms with Gasteiger partial charge in [0.1, 0.15) is 0 Å². The van der Waals surface area contributed by atoms with Crippen molar-refractivity contribution in [3.05, 3.63) is 0 Å². The van der Waals surface area contributed by atoms with Gasteiger partial charge in [0.25, 0.3) is 0 Å². The lowest BCUT2D eigenvalue weighted by Gasteiger charge is -2.25. The highest BCUT2D eigenvalue weighted by molar-refractivity contribution is 4.55. The Bertz CT molecular complexity index is 129. The van der Waals surface area contributed by atoms with Crippen molar-refractivity contribution in [2.75, 3.05) is 32.8 Å². The molecule has 0 heterocycles. The molecular weight excluding hydrogens is 180 g/mol. The molecule has 4 nitrogen and oxygen atoms in total. The molecule has 0 unspecified atom stereocenters. The second-order valence-electron chi connectivity index (χ2n) is 3.64. The summed E-state index contributed by atoms with van der Waals surface area (Å²) in [7, 11) is 0. The average molecular weight is 204 g/mol. The van der Waals surface area contributed by atoms with Gasteiger partial charge in [-0.25, -0.2) is 0 Å². The molecule has 0 saturated carbocycles. The Morgan fingerprint density at radius 3 is 2.36 bits per heavy atom. The summed E-state index contributed by atoms with van der Waals surface area (Å²) >= 11 is 0. The molecule has 0 aliphatic heterocycles. The lowest BCUT2D eigenvalue weighted by atomic mass is 10.4. The van der Waals surface area contributed by atoms with Crippen molar-refractivity contribution >= 4 is 0 Å². The maximum atomic E-state index is 5.54. The molecule has 4 heteroatoms. The first-order valence-corrected chi connectivity index (χ1v) is 5.31. The van der Waals surface area contributed by atoms with Gasteiger partial charge in [-0.05, 0) is 26.8 Å². The Morgan fingerprint density at radius 2 is 1.79 bits per heavy atom. The van der Waals surface area contributed by atoms with Crippen molar-refractivity contribution in [2.45, 2.75) is 33.0 Å². The van der Waals surface area contributed by atoms with Crippen LogP contribution in [-0.2, 0) is 9.47 Å². The fourth-order valence-corrected chi connectivity index (χ4v) is 1.02. The van der Waals surface area contributed by atoms with Crippen LogP contribution in [0.1, 0.15) is 27.2 Å². The van der Waals surface area contributed by atoms with E-state index in [1.54, 1.807) is 0 Å². The quantitative estimate of drug-likeness (QED) is 0.429. The topological polar surface area (TPSA) is 56.5 Å². The van der Waals surface area contributed by atoms with Crippen LogP contribution in [0, 0.1) is 0 Å². The molecule has 3 N–H and O–H groups in total. The van der Waals surface area contributed by atoms with E-state index in [1.807, 2.05) is 13.8 Å². The molecule has 0 fully saturated rings. The Balaban J connectivity index is 3.35. The molecule has 0 rings (SSSR count). The average Bonchev–Trinajstić information content (AvgIpc) is 2.15. The zero-order valence-electron chi connectivity index (χ0n) is 9.64. The SMILES string of the molecule is CCCNCCOC(C)(C)OCCN. The third kappa shape index (κ3) is 8.44. The zero-order valence-corrected chi connectivity index (χ0v) is 9.64. The fourth-order valence-electron chi connectivity index (χ4n) is 1.02. The van der Waals surface area contributed by atoms with E-state index < -0.39 is 5.79 Å². The van der Waals surface area contributed by atoms with Gasteiger partial charge in [0.15, 0.2) is 5.79 Å².